The third kappa shape index (κ3) is 4.61. The van der Waals surface area contributed by atoms with Crippen LogP contribution in [0.3, 0.4) is 0 Å². The number of nitrogens with zero attached hydrogens (tertiary/aromatic N) is 2. The number of hydrogen-bond acceptors (Lipinski definition) is 4. The molecule has 3 rings (SSSR count). The van der Waals surface area contributed by atoms with Crippen LogP contribution in [-0.2, 0) is 0 Å². The summed E-state index contributed by atoms with van der Waals surface area (Å²) in [5.41, 5.74) is 6.35. The molecule has 0 saturated carbocycles. The summed E-state index contributed by atoms with van der Waals surface area (Å²) in [6.07, 6.45) is 0.687. The molecule has 1 aromatic heterocycles. The topological polar surface area (TPSA) is 79.4 Å². The van der Waals surface area contributed by atoms with Crippen LogP contribution in [0.5, 0.6) is 5.75 Å². The maximum absolute atomic E-state index is 12.4. The highest BCUT2D eigenvalue weighted by molar-refractivity contribution is 6.02. The van der Waals surface area contributed by atoms with Gasteiger partial charge in [0.15, 0.2) is 0 Å². The molecule has 0 saturated heterocycles. The lowest BCUT2D eigenvalue weighted by atomic mass is 10.1. The van der Waals surface area contributed by atoms with E-state index in [0.29, 0.717) is 24.4 Å². The van der Waals surface area contributed by atoms with E-state index in [9.17, 15) is 4.79 Å². The summed E-state index contributed by atoms with van der Waals surface area (Å²) >= 11 is 0. The average Bonchev–Trinajstić information content (AvgIpc) is 3.21. The van der Waals surface area contributed by atoms with Gasteiger partial charge in [0.2, 0.25) is 0 Å². The van der Waals surface area contributed by atoms with E-state index in [-0.39, 0.29) is 5.91 Å². The van der Waals surface area contributed by atoms with Crippen LogP contribution >= 0.6 is 0 Å². The number of amides is 1. The summed E-state index contributed by atoms with van der Waals surface area (Å²) in [6.45, 7) is 4.56. The van der Waals surface area contributed by atoms with Gasteiger partial charge in [-0.3, -0.25) is 9.89 Å². The highest BCUT2D eigenvalue weighted by Gasteiger charge is 2.11. The second-order valence-electron chi connectivity index (χ2n) is 5.84. The molecule has 1 amide bonds. The van der Waals surface area contributed by atoms with Crippen molar-refractivity contribution >= 4 is 11.6 Å². The molecule has 0 aliphatic heterocycles. The first-order valence-corrected chi connectivity index (χ1v) is 8.92. The first-order chi connectivity index (χ1) is 13.2. The van der Waals surface area contributed by atoms with Crippen LogP contribution in [0.1, 0.15) is 36.3 Å². The molecule has 6 nitrogen and oxygen atoms in total. The van der Waals surface area contributed by atoms with Crippen molar-refractivity contribution in [3.05, 3.63) is 71.9 Å². The molecule has 6 heteroatoms. The fourth-order valence-corrected chi connectivity index (χ4v) is 2.63. The zero-order chi connectivity index (χ0) is 19.1. The summed E-state index contributed by atoms with van der Waals surface area (Å²) in [7, 11) is 0. The predicted octanol–water partition coefficient (Wildman–Crippen LogP) is 4.02. The van der Waals surface area contributed by atoms with Gasteiger partial charge in [0.1, 0.15) is 11.4 Å². The minimum atomic E-state index is -0.332. The molecule has 0 fully saturated rings. The molecule has 3 aromatic rings. The second-order valence-corrected chi connectivity index (χ2v) is 5.84. The number of hydrogen-bond donors (Lipinski definition) is 2. The van der Waals surface area contributed by atoms with Gasteiger partial charge in [-0.15, -0.1) is 0 Å². The van der Waals surface area contributed by atoms with Gasteiger partial charge in [-0.05, 0) is 49.2 Å². The lowest BCUT2D eigenvalue weighted by Gasteiger charge is -2.07. The molecule has 138 valence electrons. The summed E-state index contributed by atoms with van der Waals surface area (Å²) in [6, 6.07) is 19.0. The number of carbonyl (C=O) groups is 1. The molecular weight excluding hydrogens is 340 g/mol. The van der Waals surface area contributed by atoms with E-state index in [0.717, 1.165) is 22.6 Å². The average molecular weight is 362 g/mol. The highest BCUT2D eigenvalue weighted by atomic mass is 16.5. The van der Waals surface area contributed by atoms with E-state index in [1.165, 1.54) is 0 Å². The number of hydrazone groups is 1. The molecule has 0 unspecified atom stereocenters. The van der Waals surface area contributed by atoms with Crippen molar-refractivity contribution in [1.82, 2.24) is 15.6 Å². The number of aromatic nitrogens is 2. The molecule has 0 bridgehead atoms. The Labute approximate surface area is 158 Å². The Morgan fingerprint density at radius 2 is 1.85 bits per heavy atom. The van der Waals surface area contributed by atoms with Gasteiger partial charge in [0.05, 0.1) is 18.0 Å². The van der Waals surface area contributed by atoms with Crippen LogP contribution in [0.15, 0.2) is 65.8 Å². The van der Waals surface area contributed by atoms with E-state index in [2.05, 4.69) is 20.7 Å². The Morgan fingerprint density at radius 3 is 2.52 bits per heavy atom. The molecule has 27 heavy (non-hydrogen) atoms. The Hall–Kier alpha value is -3.41. The first kappa shape index (κ1) is 18.4. The Kier molecular flexibility index (Phi) is 5.99. The summed E-state index contributed by atoms with van der Waals surface area (Å²) in [5, 5.41) is 11.2. The van der Waals surface area contributed by atoms with Crippen molar-refractivity contribution in [2.45, 2.75) is 20.3 Å². The van der Waals surface area contributed by atoms with Gasteiger partial charge in [0.25, 0.3) is 5.91 Å². The molecule has 0 atom stereocenters. The monoisotopic (exact) mass is 362 g/mol. The third-order valence-corrected chi connectivity index (χ3v) is 4.02. The minimum absolute atomic E-state index is 0.332. The van der Waals surface area contributed by atoms with E-state index in [1.54, 1.807) is 6.07 Å². The van der Waals surface area contributed by atoms with Crippen LogP contribution < -0.4 is 10.2 Å². The Bertz CT molecular complexity index is 915. The van der Waals surface area contributed by atoms with Crippen LogP contribution in [0.2, 0.25) is 0 Å². The van der Waals surface area contributed by atoms with Gasteiger partial charge in [0, 0.05) is 5.56 Å². The van der Waals surface area contributed by atoms with Gasteiger partial charge < -0.3 is 4.74 Å². The number of H-pyrrole nitrogens is 1. The van der Waals surface area contributed by atoms with Gasteiger partial charge in [-0.1, -0.05) is 37.3 Å². The standard InChI is InChI=1S/C21H22N4O2/c1-3-18(16-10-12-17(13-11-16)27-4-2)22-25-21(26)20-14-19(23-24-20)15-8-6-5-7-9-15/h5-14H,3-4H2,1-2H3,(H,23,24)(H,25,26)/b22-18-. The molecular formula is C21H22N4O2. The molecule has 0 radical (unpaired) electrons. The van der Waals surface area contributed by atoms with Crippen molar-refractivity contribution in [3.8, 4) is 17.0 Å². The molecule has 2 N–H and O–H groups in total. The minimum Gasteiger partial charge on any atom is -0.494 e. The number of carbonyl (C=O) groups excluding carboxylic acids is 1. The van der Waals surface area contributed by atoms with Crippen LogP contribution in [-0.4, -0.2) is 28.4 Å². The lowest BCUT2D eigenvalue weighted by Crippen LogP contribution is -2.20. The number of aromatic amines is 1. The smallest absolute Gasteiger partial charge is 0.289 e. The predicted molar refractivity (Wildman–Crippen MR) is 106 cm³/mol. The van der Waals surface area contributed by atoms with Gasteiger partial charge in [-0.25, -0.2) is 5.43 Å². The largest absolute Gasteiger partial charge is 0.494 e. The quantitative estimate of drug-likeness (QED) is 0.492. The summed E-state index contributed by atoms with van der Waals surface area (Å²) in [4.78, 5) is 12.4. The zero-order valence-electron chi connectivity index (χ0n) is 15.4. The zero-order valence-corrected chi connectivity index (χ0v) is 15.4. The first-order valence-electron chi connectivity index (χ1n) is 8.92. The normalized spacial score (nSPS) is 11.3. The van der Waals surface area contributed by atoms with Crippen molar-refractivity contribution in [2.24, 2.45) is 5.10 Å². The van der Waals surface area contributed by atoms with Crippen molar-refractivity contribution in [2.75, 3.05) is 6.61 Å². The molecule has 1 heterocycles. The van der Waals surface area contributed by atoms with E-state index in [1.807, 2.05) is 68.4 Å². The van der Waals surface area contributed by atoms with Crippen LogP contribution in [0.4, 0.5) is 0 Å². The van der Waals surface area contributed by atoms with E-state index in [4.69, 9.17) is 4.74 Å². The molecule has 2 aromatic carbocycles. The number of rotatable bonds is 7. The lowest BCUT2D eigenvalue weighted by molar-refractivity contribution is 0.0950. The number of benzene rings is 2. The van der Waals surface area contributed by atoms with Gasteiger partial charge >= 0.3 is 0 Å². The van der Waals surface area contributed by atoms with Gasteiger partial charge in [-0.2, -0.15) is 10.2 Å². The summed E-state index contributed by atoms with van der Waals surface area (Å²) in [5.74, 6) is 0.480. The number of nitrogens with one attached hydrogen (secondary N) is 2. The number of ether oxygens (including phenoxy) is 1. The van der Waals surface area contributed by atoms with Crippen LogP contribution in [0, 0.1) is 0 Å². The van der Waals surface area contributed by atoms with Crippen molar-refractivity contribution < 1.29 is 9.53 Å². The maximum atomic E-state index is 12.4. The SMILES string of the molecule is CCOc1ccc(/C(CC)=N\NC(=O)c2cc(-c3ccccc3)n[nH]2)cc1. The molecule has 0 spiro atoms. The Balaban J connectivity index is 1.70. The van der Waals surface area contributed by atoms with Crippen LogP contribution in [0.25, 0.3) is 11.3 Å². The van der Waals surface area contributed by atoms with E-state index >= 15 is 0 Å². The Morgan fingerprint density at radius 1 is 1.11 bits per heavy atom. The van der Waals surface area contributed by atoms with Crippen molar-refractivity contribution in [3.63, 3.8) is 0 Å². The third-order valence-electron chi connectivity index (χ3n) is 4.02. The van der Waals surface area contributed by atoms with E-state index < -0.39 is 0 Å². The summed E-state index contributed by atoms with van der Waals surface area (Å²) < 4.78 is 5.45. The fraction of sp³-hybridized carbons (Fsp3) is 0.190. The second kappa shape index (κ2) is 8.80. The fourth-order valence-electron chi connectivity index (χ4n) is 2.63. The van der Waals surface area contributed by atoms with Crippen molar-refractivity contribution in [1.29, 1.82) is 0 Å². The highest BCUT2D eigenvalue weighted by Crippen LogP contribution is 2.17. The molecule has 0 aliphatic rings. The maximum Gasteiger partial charge on any atom is 0.289 e. The molecule has 0 aliphatic carbocycles.